The number of piperazine rings is 1. The highest BCUT2D eigenvalue weighted by Gasteiger charge is 2.34. The highest BCUT2D eigenvalue weighted by atomic mass is 35.5. The number of esters is 1. The van der Waals surface area contributed by atoms with Crippen LogP contribution in [-0.2, 0) is 9.53 Å². The number of nitrogens with one attached hydrogen (secondary N) is 2. The summed E-state index contributed by atoms with van der Waals surface area (Å²) in [7, 11) is 0. The molecule has 174 valence electrons. The molecule has 2 amide bonds. The SMILES string of the molecule is CCOC(=O)C1=C(CN2CCN(c3ccc(Cl)cc3)CC2)NC(=O)N[C@@H]1c1ccc(C)cc1. The number of anilines is 1. The lowest BCUT2D eigenvalue weighted by molar-refractivity contribution is -0.139. The monoisotopic (exact) mass is 468 g/mol. The fourth-order valence-corrected chi connectivity index (χ4v) is 4.37. The Hall–Kier alpha value is -3.03. The first-order valence-electron chi connectivity index (χ1n) is 11.2. The van der Waals surface area contributed by atoms with Gasteiger partial charge < -0.3 is 20.3 Å². The maximum atomic E-state index is 13.0. The second-order valence-electron chi connectivity index (χ2n) is 8.29. The summed E-state index contributed by atoms with van der Waals surface area (Å²) in [6.07, 6.45) is 0. The van der Waals surface area contributed by atoms with Crippen molar-refractivity contribution in [1.29, 1.82) is 0 Å². The number of carbonyl (C=O) groups is 2. The lowest BCUT2D eigenvalue weighted by atomic mass is 9.94. The Bertz CT molecular complexity index is 1030. The van der Waals surface area contributed by atoms with Gasteiger partial charge in [0.15, 0.2) is 0 Å². The van der Waals surface area contributed by atoms with E-state index in [0.717, 1.165) is 48.0 Å². The number of urea groups is 1. The van der Waals surface area contributed by atoms with Crippen LogP contribution in [0, 0.1) is 6.92 Å². The first kappa shape index (κ1) is 23.1. The summed E-state index contributed by atoms with van der Waals surface area (Å²) in [5.74, 6) is -0.412. The standard InChI is InChI=1S/C25H29ClN4O3/c1-3-33-24(31)22-21(27-25(32)28-23(22)18-6-4-17(2)5-7-18)16-29-12-14-30(15-13-29)20-10-8-19(26)9-11-20/h4-11,23H,3,12-16H2,1-2H3,(H2,27,28,32)/t23-/m1/s1. The molecule has 0 spiro atoms. The van der Waals surface area contributed by atoms with Crippen molar-refractivity contribution in [1.82, 2.24) is 15.5 Å². The van der Waals surface area contributed by atoms with Gasteiger partial charge in [0, 0.05) is 49.1 Å². The molecule has 0 aromatic heterocycles. The summed E-state index contributed by atoms with van der Waals surface area (Å²) in [5.41, 5.74) is 4.16. The van der Waals surface area contributed by atoms with E-state index in [0.29, 0.717) is 17.8 Å². The molecule has 1 atom stereocenters. The van der Waals surface area contributed by atoms with E-state index in [2.05, 4.69) is 20.4 Å². The fraction of sp³-hybridized carbons (Fsp3) is 0.360. The number of amides is 2. The van der Waals surface area contributed by atoms with Crippen LogP contribution in [0.4, 0.5) is 10.5 Å². The van der Waals surface area contributed by atoms with Gasteiger partial charge in [-0.15, -0.1) is 0 Å². The van der Waals surface area contributed by atoms with Gasteiger partial charge in [-0.3, -0.25) is 4.90 Å². The van der Waals surface area contributed by atoms with E-state index in [1.807, 2.05) is 55.5 Å². The zero-order valence-electron chi connectivity index (χ0n) is 18.9. The predicted octanol–water partition coefficient (Wildman–Crippen LogP) is 3.64. The molecule has 2 aromatic carbocycles. The van der Waals surface area contributed by atoms with Crippen LogP contribution in [0.3, 0.4) is 0 Å². The van der Waals surface area contributed by atoms with Gasteiger partial charge in [-0.25, -0.2) is 9.59 Å². The Morgan fingerprint density at radius 1 is 1.06 bits per heavy atom. The van der Waals surface area contributed by atoms with E-state index in [1.54, 1.807) is 6.92 Å². The first-order chi connectivity index (χ1) is 15.9. The second kappa shape index (κ2) is 10.3. The van der Waals surface area contributed by atoms with Gasteiger partial charge >= 0.3 is 12.0 Å². The van der Waals surface area contributed by atoms with Crippen molar-refractivity contribution in [2.45, 2.75) is 19.9 Å². The maximum Gasteiger partial charge on any atom is 0.338 e. The molecular weight excluding hydrogens is 440 g/mol. The minimum Gasteiger partial charge on any atom is -0.463 e. The molecule has 4 rings (SSSR count). The molecule has 2 heterocycles. The van der Waals surface area contributed by atoms with E-state index < -0.39 is 12.0 Å². The lowest BCUT2D eigenvalue weighted by Gasteiger charge is -2.38. The highest BCUT2D eigenvalue weighted by molar-refractivity contribution is 6.30. The number of carbonyl (C=O) groups excluding carboxylic acids is 2. The number of rotatable bonds is 6. The van der Waals surface area contributed by atoms with Crippen molar-refractivity contribution in [3.05, 3.63) is 76.0 Å². The van der Waals surface area contributed by atoms with Gasteiger partial charge in [0.25, 0.3) is 0 Å². The average Bonchev–Trinajstić information content (AvgIpc) is 2.80. The van der Waals surface area contributed by atoms with Gasteiger partial charge in [-0.1, -0.05) is 41.4 Å². The van der Waals surface area contributed by atoms with Crippen molar-refractivity contribution < 1.29 is 14.3 Å². The Labute approximate surface area is 199 Å². The van der Waals surface area contributed by atoms with Crippen LogP contribution in [0.15, 0.2) is 59.8 Å². The molecule has 0 saturated carbocycles. The van der Waals surface area contributed by atoms with Crippen LogP contribution >= 0.6 is 11.6 Å². The lowest BCUT2D eigenvalue weighted by Crippen LogP contribution is -2.51. The third-order valence-electron chi connectivity index (χ3n) is 6.01. The molecule has 2 aromatic rings. The molecule has 33 heavy (non-hydrogen) atoms. The summed E-state index contributed by atoms with van der Waals surface area (Å²) in [6, 6.07) is 14.8. The molecule has 7 nitrogen and oxygen atoms in total. The van der Waals surface area contributed by atoms with Crippen LogP contribution in [-0.4, -0.2) is 56.2 Å². The molecule has 8 heteroatoms. The second-order valence-corrected chi connectivity index (χ2v) is 8.73. The van der Waals surface area contributed by atoms with E-state index in [9.17, 15) is 9.59 Å². The van der Waals surface area contributed by atoms with Gasteiger partial charge in [0.2, 0.25) is 0 Å². The van der Waals surface area contributed by atoms with E-state index in [-0.39, 0.29) is 12.6 Å². The Balaban J connectivity index is 1.54. The highest BCUT2D eigenvalue weighted by Crippen LogP contribution is 2.29. The average molecular weight is 469 g/mol. The summed E-state index contributed by atoms with van der Waals surface area (Å²) in [4.78, 5) is 30.0. The maximum absolute atomic E-state index is 13.0. The van der Waals surface area contributed by atoms with Crippen molar-refractivity contribution in [2.24, 2.45) is 0 Å². The molecular formula is C25H29ClN4O3. The Morgan fingerprint density at radius 3 is 2.36 bits per heavy atom. The Kier molecular flexibility index (Phi) is 7.20. The van der Waals surface area contributed by atoms with Crippen LogP contribution in [0.1, 0.15) is 24.1 Å². The molecule has 0 unspecified atom stereocenters. The number of nitrogens with zero attached hydrogens (tertiary/aromatic N) is 2. The number of ether oxygens (including phenoxy) is 1. The third kappa shape index (κ3) is 5.49. The quantitative estimate of drug-likeness (QED) is 0.633. The summed E-state index contributed by atoms with van der Waals surface area (Å²) in [5, 5.41) is 6.49. The number of hydrogen-bond acceptors (Lipinski definition) is 5. The van der Waals surface area contributed by atoms with Crippen molar-refractivity contribution in [3.8, 4) is 0 Å². The minimum atomic E-state index is -0.552. The van der Waals surface area contributed by atoms with Gasteiger partial charge in [0.05, 0.1) is 18.2 Å². The summed E-state index contributed by atoms with van der Waals surface area (Å²) < 4.78 is 5.37. The third-order valence-corrected chi connectivity index (χ3v) is 6.26. The number of benzene rings is 2. The van der Waals surface area contributed by atoms with Gasteiger partial charge in [-0.2, -0.15) is 0 Å². The fourth-order valence-electron chi connectivity index (χ4n) is 4.24. The molecule has 0 bridgehead atoms. The zero-order valence-corrected chi connectivity index (χ0v) is 19.7. The number of halogens is 1. The molecule has 2 aliphatic rings. The Morgan fingerprint density at radius 2 is 1.73 bits per heavy atom. The van der Waals surface area contributed by atoms with E-state index in [4.69, 9.17) is 16.3 Å². The van der Waals surface area contributed by atoms with Crippen LogP contribution in [0.2, 0.25) is 5.02 Å². The van der Waals surface area contributed by atoms with Crippen molar-refractivity contribution >= 4 is 29.3 Å². The summed E-state index contributed by atoms with van der Waals surface area (Å²) in [6.45, 7) is 7.82. The van der Waals surface area contributed by atoms with Crippen LogP contribution < -0.4 is 15.5 Å². The summed E-state index contributed by atoms with van der Waals surface area (Å²) >= 11 is 6.01. The molecule has 0 radical (unpaired) electrons. The number of hydrogen-bond donors (Lipinski definition) is 2. The van der Waals surface area contributed by atoms with Crippen LogP contribution in [0.25, 0.3) is 0 Å². The number of aryl methyl sites for hydroxylation is 1. The topological polar surface area (TPSA) is 73.9 Å². The molecule has 2 aliphatic heterocycles. The largest absolute Gasteiger partial charge is 0.463 e. The molecule has 2 N–H and O–H groups in total. The smallest absolute Gasteiger partial charge is 0.338 e. The normalized spacial score (nSPS) is 19.2. The van der Waals surface area contributed by atoms with Gasteiger partial charge in [-0.05, 0) is 43.7 Å². The molecule has 0 aliphatic carbocycles. The van der Waals surface area contributed by atoms with Crippen molar-refractivity contribution in [3.63, 3.8) is 0 Å². The first-order valence-corrected chi connectivity index (χ1v) is 11.6. The van der Waals surface area contributed by atoms with Gasteiger partial charge in [0.1, 0.15) is 0 Å². The molecule has 1 fully saturated rings. The zero-order chi connectivity index (χ0) is 23.4. The van der Waals surface area contributed by atoms with E-state index in [1.165, 1.54) is 0 Å². The molecule has 1 saturated heterocycles. The van der Waals surface area contributed by atoms with Crippen molar-refractivity contribution in [2.75, 3.05) is 44.2 Å². The van der Waals surface area contributed by atoms with Crippen LogP contribution in [0.5, 0.6) is 0 Å². The minimum absolute atomic E-state index is 0.268. The van der Waals surface area contributed by atoms with E-state index >= 15 is 0 Å². The predicted molar refractivity (Wildman–Crippen MR) is 129 cm³/mol.